The van der Waals surface area contributed by atoms with E-state index in [0.29, 0.717) is 5.15 Å². The summed E-state index contributed by atoms with van der Waals surface area (Å²) in [6.07, 6.45) is 1.69. The summed E-state index contributed by atoms with van der Waals surface area (Å²) in [6, 6.07) is 0. The van der Waals surface area contributed by atoms with Gasteiger partial charge in [0.2, 0.25) is 0 Å². The van der Waals surface area contributed by atoms with Gasteiger partial charge in [0.1, 0.15) is 11.0 Å². The maximum Gasteiger partial charge on any atom is 0.128 e. The molecule has 6 heteroatoms. The first kappa shape index (κ1) is 12.8. The van der Waals surface area contributed by atoms with Crippen molar-refractivity contribution in [3.05, 3.63) is 17.2 Å². The molecular weight excluding hydrogens is 240 g/mol. The van der Waals surface area contributed by atoms with Crippen LogP contribution in [0.4, 0.5) is 0 Å². The maximum atomic E-state index is 8.88. The Morgan fingerprint density at radius 1 is 1.29 bits per heavy atom. The highest BCUT2D eigenvalue weighted by molar-refractivity contribution is 6.29. The number of rotatable bonds is 4. The predicted molar refractivity (Wildman–Crippen MR) is 67.0 cm³/mol. The van der Waals surface area contributed by atoms with E-state index in [1.54, 1.807) is 6.20 Å². The molecule has 0 aliphatic carbocycles. The number of halogens is 1. The van der Waals surface area contributed by atoms with Gasteiger partial charge in [-0.25, -0.2) is 4.98 Å². The molecule has 1 fully saturated rings. The minimum absolute atomic E-state index is 0.245. The predicted octanol–water partition coefficient (Wildman–Crippen LogP) is 0.183. The molecule has 2 rings (SSSR count). The third-order valence-electron chi connectivity index (χ3n) is 3.27. The van der Waals surface area contributed by atoms with E-state index in [2.05, 4.69) is 14.8 Å². The van der Waals surface area contributed by atoms with Crippen molar-refractivity contribution < 1.29 is 5.11 Å². The van der Waals surface area contributed by atoms with Gasteiger partial charge in [-0.15, -0.1) is 0 Å². The molecule has 0 atom stereocenters. The lowest BCUT2D eigenvalue weighted by Crippen LogP contribution is -2.46. The molecular formula is C11H19ClN4O. The SMILES string of the molecule is Cn1c(Cl)cnc1CN1CCN(CCO)CC1. The molecule has 0 saturated carbocycles. The number of aliphatic hydroxyl groups excluding tert-OH is 1. The van der Waals surface area contributed by atoms with Crippen molar-refractivity contribution in [1.29, 1.82) is 0 Å². The number of hydrogen-bond acceptors (Lipinski definition) is 4. The van der Waals surface area contributed by atoms with Crippen LogP contribution >= 0.6 is 11.6 Å². The fourth-order valence-electron chi connectivity index (χ4n) is 2.08. The second kappa shape index (κ2) is 5.82. The van der Waals surface area contributed by atoms with Gasteiger partial charge in [-0.2, -0.15) is 0 Å². The smallest absolute Gasteiger partial charge is 0.128 e. The van der Waals surface area contributed by atoms with Crippen molar-refractivity contribution >= 4 is 11.6 Å². The minimum Gasteiger partial charge on any atom is -0.395 e. The van der Waals surface area contributed by atoms with Gasteiger partial charge in [0.25, 0.3) is 0 Å². The average molecular weight is 259 g/mol. The Balaban J connectivity index is 1.84. The maximum absolute atomic E-state index is 8.88. The van der Waals surface area contributed by atoms with Crippen molar-refractivity contribution in [2.24, 2.45) is 7.05 Å². The van der Waals surface area contributed by atoms with E-state index in [1.807, 2.05) is 11.6 Å². The zero-order valence-corrected chi connectivity index (χ0v) is 10.9. The first-order valence-electron chi connectivity index (χ1n) is 5.92. The quantitative estimate of drug-likeness (QED) is 0.837. The lowest BCUT2D eigenvalue weighted by molar-refractivity contribution is 0.106. The van der Waals surface area contributed by atoms with Gasteiger partial charge < -0.3 is 9.67 Å². The molecule has 1 aliphatic heterocycles. The molecule has 1 N–H and O–H groups in total. The van der Waals surface area contributed by atoms with Crippen LogP contribution in [-0.2, 0) is 13.6 Å². The second-order valence-corrected chi connectivity index (χ2v) is 4.78. The lowest BCUT2D eigenvalue weighted by atomic mass is 10.3. The summed E-state index contributed by atoms with van der Waals surface area (Å²) in [6.45, 7) is 5.93. The molecule has 96 valence electrons. The summed E-state index contributed by atoms with van der Waals surface area (Å²) in [4.78, 5) is 8.95. The summed E-state index contributed by atoms with van der Waals surface area (Å²) >= 11 is 5.96. The monoisotopic (exact) mass is 258 g/mol. The molecule has 0 spiro atoms. The summed E-state index contributed by atoms with van der Waals surface area (Å²) in [7, 11) is 1.94. The van der Waals surface area contributed by atoms with E-state index >= 15 is 0 Å². The first-order valence-corrected chi connectivity index (χ1v) is 6.30. The fraction of sp³-hybridized carbons (Fsp3) is 0.727. The van der Waals surface area contributed by atoms with Crippen molar-refractivity contribution in [3.8, 4) is 0 Å². The van der Waals surface area contributed by atoms with E-state index in [9.17, 15) is 0 Å². The van der Waals surface area contributed by atoms with E-state index in [0.717, 1.165) is 45.1 Å². The molecule has 1 aliphatic rings. The molecule has 1 saturated heterocycles. The minimum atomic E-state index is 0.245. The highest BCUT2D eigenvalue weighted by atomic mass is 35.5. The van der Waals surface area contributed by atoms with Crippen LogP contribution in [0.15, 0.2) is 6.20 Å². The van der Waals surface area contributed by atoms with Gasteiger partial charge in [-0.1, -0.05) is 11.6 Å². The molecule has 0 bridgehead atoms. The largest absolute Gasteiger partial charge is 0.395 e. The third kappa shape index (κ3) is 3.19. The number of β-amino-alcohol motifs (C(OH)–C–C–N with tert-alkyl or cyclic N) is 1. The van der Waals surface area contributed by atoms with Gasteiger partial charge in [0.05, 0.1) is 19.3 Å². The molecule has 1 aromatic heterocycles. The number of imidazole rings is 1. The Hall–Kier alpha value is -0.620. The number of hydrogen-bond donors (Lipinski definition) is 1. The van der Waals surface area contributed by atoms with Gasteiger partial charge in [-0.3, -0.25) is 9.80 Å². The second-order valence-electron chi connectivity index (χ2n) is 4.40. The lowest BCUT2D eigenvalue weighted by Gasteiger charge is -2.34. The topological polar surface area (TPSA) is 44.5 Å². The van der Waals surface area contributed by atoms with Crippen molar-refractivity contribution in [2.45, 2.75) is 6.54 Å². The molecule has 0 unspecified atom stereocenters. The van der Waals surface area contributed by atoms with Gasteiger partial charge in [-0.05, 0) is 0 Å². The zero-order valence-electron chi connectivity index (χ0n) is 10.1. The molecule has 0 amide bonds. The molecule has 17 heavy (non-hydrogen) atoms. The number of piperazine rings is 1. The first-order chi connectivity index (χ1) is 8.20. The Morgan fingerprint density at radius 3 is 2.47 bits per heavy atom. The van der Waals surface area contributed by atoms with Crippen molar-refractivity contribution in [1.82, 2.24) is 19.4 Å². The normalized spacial score (nSPS) is 18.8. The van der Waals surface area contributed by atoms with Gasteiger partial charge in [0.15, 0.2) is 0 Å². The van der Waals surface area contributed by atoms with E-state index in [4.69, 9.17) is 16.7 Å². The van der Waals surface area contributed by atoms with Crippen LogP contribution in [0.5, 0.6) is 0 Å². The molecule has 5 nitrogen and oxygen atoms in total. The van der Waals surface area contributed by atoms with Crippen molar-refractivity contribution in [3.63, 3.8) is 0 Å². The summed E-state index contributed by atoms with van der Waals surface area (Å²) in [5.74, 6) is 1.01. The molecule has 1 aromatic rings. The van der Waals surface area contributed by atoms with Crippen LogP contribution < -0.4 is 0 Å². The van der Waals surface area contributed by atoms with Crippen LogP contribution in [0.1, 0.15) is 5.82 Å². The Labute approximate surface area is 107 Å². The molecule has 0 aromatic carbocycles. The average Bonchev–Trinajstić information content (AvgIpc) is 2.64. The summed E-state index contributed by atoms with van der Waals surface area (Å²) < 4.78 is 1.92. The fourth-order valence-corrected chi connectivity index (χ4v) is 2.23. The Kier molecular flexibility index (Phi) is 4.39. The highest BCUT2D eigenvalue weighted by Crippen LogP contribution is 2.12. The number of nitrogens with zero attached hydrogens (tertiary/aromatic N) is 4. The molecule has 0 radical (unpaired) electrons. The summed E-state index contributed by atoms with van der Waals surface area (Å²) in [5, 5.41) is 9.56. The number of aromatic nitrogens is 2. The molecule has 2 heterocycles. The van der Waals surface area contributed by atoms with Crippen LogP contribution in [0, 0.1) is 0 Å². The van der Waals surface area contributed by atoms with E-state index in [1.165, 1.54) is 0 Å². The van der Waals surface area contributed by atoms with Crippen LogP contribution in [-0.4, -0.2) is 63.8 Å². The highest BCUT2D eigenvalue weighted by Gasteiger charge is 2.18. The van der Waals surface area contributed by atoms with E-state index in [-0.39, 0.29) is 6.61 Å². The van der Waals surface area contributed by atoms with E-state index < -0.39 is 0 Å². The number of aliphatic hydroxyl groups is 1. The van der Waals surface area contributed by atoms with Crippen LogP contribution in [0.25, 0.3) is 0 Å². The van der Waals surface area contributed by atoms with Crippen molar-refractivity contribution in [2.75, 3.05) is 39.3 Å². The zero-order chi connectivity index (χ0) is 12.3. The van der Waals surface area contributed by atoms with Crippen LogP contribution in [0.3, 0.4) is 0 Å². The summed E-state index contributed by atoms with van der Waals surface area (Å²) in [5.41, 5.74) is 0. The third-order valence-corrected chi connectivity index (χ3v) is 3.62. The van der Waals surface area contributed by atoms with Gasteiger partial charge >= 0.3 is 0 Å². The Morgan fingerprint density at radius 2 is 1.94 bits per heavy atom. The Bertz CT molecular complexity index is 360. The van der Waals surface area contributed by atoms with Gasteiger partial charge in [0, 0.05) is 39.8 Å². The van der Waals surface area contributed by atoms with Crippen LogP contribution in [0.2, 0.25) is 5.15 Å². The standard InChI is InChI=1S/C11H19ClN4O/c1-14-10(12)8-13-11(14)9-16-4-2-15(3-5-16)6-7-17/h8,17H,2-7,9H2,1H3.